The number of nitrogens with one attached hydrogen (secondary N) is 2. The standard InChI is InChI=1S/C28H27FN4O7/c1-4-38-27(37)40-21-14-32(24(34)16-5-7-17(29)8-6-16)15-28(2,3)22-19-10-9-18(13-20(19)31-23(21)22)39-26(36)33-12-11-30-25(33)35/h5-10,13-14,31H,4,11-12,15H2,1-3H3,(H,30,35). The molecule has 3 heterocycles. The monoisotopic (exact) mass is 550 g/mol. The molecule has 1 aromatic heterocycles. The molecule has 1 saturated heterocycles. The van der Waals surface area contributed by atoms with Crippen molar-refractivity contribution in [3.8, 4) is 5.75 Å². The summed E-state index contributed by atoms with van der Waals surface area (Å²) in [4.78, 5) is 55.7. The number of urea groups is 1. The Balaban J connectivity index is 1.55. The minimum atomic E-state index is -0.953. The summed E-state index contributed by atoms with van der Waals surface area (Å²) >= 11 is 0. The molecule has 4 amide bonds. The van der Waals surface area contributed by atoms with E-state index in [0.717, 1.165) is 15.8 Å². The van der Waals surface area contributed by atoms with Gasteiger partial charge in [-0.1, -0.05) is 13.8 Å². The van der Waals surface area contributed by atoms with E-state index in [9.17, 15) is 23.6 Å². The third kappa shape index (κ3) is 5.07. The number of carbonyl (C=O) groups is 4. The van der Waals surface area contributed by atoms with Gasteiger partial charge in [0, 0.05) is 41.0 Å². The number of hydrogen-bond donors (Lipinski definition) is 2. The topological polar surface area (TPSA) is 130 Å². The number of carbonyl (C=O) groups excluding carboxylic acids is 4. The molecule has 2 N–H and O–H groups in total. The molecule has 0 bridgehead atoms. The molecule has 40 heavy (non-hydrogen) atoms. The maximum Gasteiger partial charge on any atom is 0.513 e. The summed E-state index contributed by atoms with van der Waals surface area (Å²) < 4.78 is 29.4. The Morgan fingerprint density at radius 3 is 2.50 bits per heavy atom. The van der Waals surface area contributed by atoms with Gasteiger partial charge in [0.15, 0.2) is 5.76 Å². The number of hydrogen-bond acceptors (Lipinski definition) is 7. The minimum absolute atomic E-state index is 0.0398. The molecule has 0 unspecified atom stereocenters. The van der Waals surface area contributed by atoms with Gasteiger partial charge in [-0.15, -0.1) is 0 Å². The number of nitrogens with zero attached hydrogens (tertiary/aromatic N) is 2. The first-order valence-corrected chi connectivity index (χ1v) is 12.6. The quantitative estimate of drug-likeness (QED) is 0.449. The third-order valence-electron chi connectivity index (χ3n) is 6.62. The van der Waals surface area contributed by atoms with Crippen LogP contribution in [0.1, 0.15) is 42.4 Å². The maximum absolute atomic E-state index is 13.5. The molecule has 208 valence electrons. The molecule has 12 heteroatoms. The van der Waals surface area contributed by atoms with Crippen LogP contribution in [0, 0.1) is 5.82 Å². The molecular weight excluding hydrogens is 523 g/mol. The number of rotatable bonds is 4. The van der Waals surface area contributed by atoms with Gasteiger partial charge in [0.2, 0.25) is 0 Å². The highest BCUT2D eigenvalue weighted by atomic mass is 19.1. The number of ether oxygens (including phenoxy) is 3. The lowest BCUT2D eigenvalue weighted by molar-refractivity contribution is 0.0788. The Kier molecular flexibility index (Phi) is 6.92. The number of halogens is 1. The molecule has 2 aromatic carbocycles. The fraction of sp³-hybridized carbons (Fsp3) is 0.286. The molecule has 0 aliphatic carbocycles. The van der Waals surface area contributed by atoms with Crippen LogP contribution in [0.4, 0.5) is 18.8 Å². The minimum Gasteiger partial charge on any atom is -0.434 e. The first kappa shape index (κ1) is 26.7. The zero-order valence-electron chi connectivity index (χ0n) is 22.1. The summed E-state index contributed by atoms with van der Waals surface area (Å²) in [6.07, 6.45) is -0.340. The lowest BCUT2D eigenvalue weighted by atomic mass is 9.82. The number of benzene rings is 2. The Labute approximate surface area is 228 Å². The smallest absolute Gasteiger partial charge is 0.434 e. The number of H-pyrrole nitrogens is 1. The Morgan fingerprint density at radius 1 is 1.07 bits per heavy atom. The van der Waals surface area contributed by atoms with Gasteiger partial charge in [0.1, 0.15) is 11.6 Å². The van der Waals surface area contributed by atoms with Crippen LogP contribution in [-0.4, -0.2) is 65.2 Å². The summed E-state index contributed by atoms with van der Waals surface area (Å²) in [5.41, 5.74) is 1.35. The van der Waals surface area contributed by atoms with Crippen molar-refractivity contribution in [1.82, 2.24) is 20.1 Å². The zero-order valence-corrected chi connectivity index (χ0v) is 22.1. The van der Waals surface area contributed by atoms with Gasteiger partial charge in [-0.3, -0.25) is 4.79 Å². The molecule has 2 aliphatic heterocycles. The van der Waals surface area contributed by atoms with Gasteiger partial charge < -0.3 is 29.4 Å². The van der Waals surface area contributed by atoms with E-state index < -0.39 is 35.4 Å². The van der Waals surface area contributed by atoms with Crippen molar-refractivity contribution >= 4 is 40.8 Å². The highest BCUT2D eigenvalue weighted by Crippen LogP contribution is 2.41. The van der Waals surface area contributed by atoms with Crippen molar-refractivity contribution in [2.45, 2.75) is 26.2 Å². The van der Waals surface area contributed by atoms with E-state index >= 15 is 0 Å². The van der Waals surface area contributed by atoms with Crippen LogP contribution in [-0.2, 0) is 14.9 Å². The predicted molar refractivity (Wildman–Crippen MR) is 141 cm³/mol. The van der Waals surface area contributed by atoms with Gasteiger partial charge in [-0.25, -0.2) is 23.7 Å². The fourth-order valence-corrected chi connectivity index (χ4v) is 4.89. The van der Waals surface area contributed by atoms with Crippen LogP contribution in [0.5, 0.6) is 5.75 Å². The predicted octanol–water partition coefficient (Wildman–Crippen LogP) is 4.74. The zero-order chi connectivity index (χ0) is 28.6. The molecular formula is C28H27FN4O7. The van der Waals surface area contributed by atoms with Crippen LogP contribution in [0.15, 0.2) is 48.7 Å². The van der Waals surface area contributed by atoms with Crippen molar-refractivity contribution in [2.24, 2.45) is 0 Å². The highest BCUT2D eigenvalue weighted by molar-refractivity contribution is 5.98. The molecule has 0 radical (unpaired) electrons. The van der Waals surface area contributed by atoms with E-state index in [1.54, 1.807) is 25.1 Å². The van der Waals surface area contributed by atoms with Crippen molar-refractivity contribution in [1.29, 1.82) is 0 Å². The first-order chi connectivity index (χ1) is 19.1. The average molecular weight is 551 g/mol. The van der Waals surface area contributed by atoms with E-state index in [-0.39, 0.29) is 36.8 Å². The second-order valence-electron chi connectivity index (χ2n) is 9.94. The lowest BCUT2D eigenvalue weighted by Crippen LogP contribution is -2.37. The summed E-state index contributed by atoms with van der Waals surface area (Å²) in [7, 11) is 0. The second kappa shape index (κ2) is 10.4. The lowest BCUT2D eigenvalue weighted by Gasteiger charge is -2.29. The molecule has 1 fully saturated rings. The van der Waals surface area contributed by atoms with Crippen LogP contribution in [0.2, 0.25) is 0 Å². The highest BCUT2D eigenvalue weighted by Gasteiger charge is 2.37. The van der Waals surface area contributed by atoms with Crippen molar-refractivity contribution in [3.63, 3.8) is 0 Å². The van der Waals surface area contributed by atoms with Gasteiger partial charge in [0.05, 0.1) is 25.0 Å². The average Bonchev–Trinajstić information content (AvgIpc) is 3.49. The van der Waals surface area contributed by atoms with Crippen LogP contribution in [0.3, 0.4) is 0 Å². The van der Waals surface area contributed by atoms with Crippen LogP contribution >= 0.6 is 0 Å². The largest absolute Gasteiger partial charge is 0.513 e. The van der Waals surface area contributed by atoms with Gasteiger partial charge >= 0.3 is 18.3 Å². The Morgan fingerprint density at radius 2 is 1.82 bits per heavy atom. The molecule has 0 spiro atoms. The molecule has 0 saturated carbocycles. The van der Waals surface area contributed by atoms with E-state index in [4.69, 9.17) is 14.2 Å². The maximum atomic E-state index is 13.5. The van der Waals surface area contributed by atoms with Crippen LogP contribution < -0.4 is 10.1 Å². The summed E-state index contributed by atoms with van der Waals surface area (Å²) in [5, 5.41) is 3.29. The van der Waals surface area contributed by atoms with Crippen molar-refractivity contribution < 1.29 is 37.8 Å². The molecule has 3 aromatic rings. The molecule has 11 nitrogen and oxygen atoms in total. The Hall–Kier alpha value is -4.87. The van der Waals surface area contributed by atoms with Crippen LogP contribution in [0.25, 0.3) is 16.7 Å². The second-order valence-corrected chi connectivity index (χ2v) is 9.94. The number of fused-ring (bicyclic) bond motifs is 3. The SMILES string of the molecule is CCOC(=O)OC1=CN(C(=O)c2ccc(F)cc2)CC(C)(C)c2c1[nH]c1cc(OC(=O)N3CCNC3=O)ccc21. The summed E-state index contributed by atoms with van der Waals surface area (Å²) in [5.74, 6) is -0.633. The molecule has 2 aliphatic rings. The number of aromatic nitrogens is 1. The summed E-state index contributed by atoms with van der Waals surface area (Å²) in [6.45, 7) is 6.34. The number of imide groups is 1. The van der Waals surface area contributed by atoms with Gasteiger partial charge in [-0.2, -0.15) is 0 Å². The fourth-order valence-electron chi connectivity index (χ4n) is 4.89. The van der Waals surface area contributed by atoms with Crippen molar-refractivity contribution in [2.75, 3.05) is 26.2 Å². The van der Waals surface area contributed by atoms with E-state index in [2.05, 4.69) is 10.3 Å². The number of amides is 4. The first-order valence-electron chi connectivity index (χ1n) is 12.6. The van der Waals surface area contributed by atoms with Gasteiger partial charge in [0.25, 0.3) is 5.91 Å². The Bertz CT molecular complexity index is 1540. The molecule has 0 atom stereocenters. The van der Waals surface area contributed by atoms with E-state index in [1.165, 1.54) is 35.4 Å². The third-order valence-corrected chi connectivity index (χ3v) is 6.62. The normalized spacial score (nSPS) is 16.1. The van der Waals surface area contributed by atoms with E-state index in [0.29, 0.717) is 17.8 Å². The van der Waals surface area contributed by atoms with Crippen molar-refractivity contribution in [3.05, 3.63) is 71.3 Å². The molecule has 5 rings (SSSR count). The number of aromatic amines is 1. The van der Waals surface area contributed by atoms with E-state index in [1.807, 2.05) is 13.8 Å². The van der Waals surface area contributed by atoms with Gasteiger partial charge in [-0.05, 0) is 48.9 Å². The summed E-state index contributed by atoms with van der Waals surface area (Å²) in [6, 6.07) is 9.61.